The van der Waals surface area contributed by atoms with Crippen LogP contribution in [-0.2, 0) is 30.2 Å². The van der Waals surface area contributed by atoms with Crippen LogP contribution in [0, 0.1) is 0 Å². The van der Waals surface area contributed by atoms with E-state index in [9.17, 15) is 26.3 Å². The molecule has 4 rings (SSSR count). The van der Waals surface area contributed by atoms with Crippen molar-refractivity contribution in [2.75, 3.05) is 6.54 Å². The molecule has 0 unspecified atom stereocenters. The summed E-state index contributed by atoms with van der Waals surface area (Å²) in [5, 5.41) is 7.59. The molecule has 182 valence electrons. The number of piperidine rings is 1. The maximum absolute atomic E-state index is 13.2. The third kappa shape index (κ3) is 5.76. The quantitative estimate of drug-likeness (QED) is 0.399. The standard InChI is InChI=1S/C23H21F6N3O2/c24-22(25,26)17-9-15(10-18(11-17)23(27,28)29)13-33-19-7-4-8-32(12-20-31-30-14-34-20)21(19)16-5-2-1-3-6-16/h1-3,5-6,9-11,14,19,21H,4,7-8,12-13H2/t19-,21-/m0/s1. The van der Waals surface area contributed by atoms with Crippen molar-refractivity contribution in [2.24, 2.45) is 0 Å². The SMILES string of the molecule is FC(F)(F)c1cc(CO[C@H]2CCCN(Cc3nnco3)[C@H]2c2ccccc2)cc(C(F)(F)F)c1. The fourth-order valence-electron chi connectivity index (χ4n) is 4.20. The molecule has 1 aliphatic heterocycles. The van der Waals surface area contributed by atoms with Crippen molar-refractivity contribution in [3.8, 4) is 0 Å². The highest BCUT2D eigenvalue weighted by atomic mass is 19.4. The fraction of sp³-hybridized carbons (Fsp3) is 0.391. The minimum absolute atomic E-state index is 0.114. The molecule has 0 radical (unpaired) electrons. The van der Waals surface area contributed by atoms with Gasteiger partial charge < -0.3 is 9.15 Å². The Hall–Kier alpha value is -2.92. The lowest BCUT2D eigenvalue weighted by Gasteiger charge is -2.41. The van der Waals surface area contributed by atoms with Crippen LogP contribution in [0.4, 0.5) is 26.3 Å². The summed E-state index contributed by atoms with van der Waals surface area (Å²) in [4.78, 5) is 2.06. The van der Waals surface area contributed by atoms with Crippen LogP contribution in [0.5, 0.6) is 0 Å². The first-order chi connectivity index (χ1) is 16.1. The van der Waals surface area contributed by atoms with E-state index in [1.807, 2.05) is 30.3 Å². The zero-order chi connectivity index (χ0) is 24.3. The van der Waals surface area contributed by atoms with Crippen molar-refractivity contribution in [1.29, 1.82) is 0 Å². The van der Waals surface area contributed by atoms with E-state index in [0.717, 1.165) is 12.0 Å². The van der Waals surface area contributed by atoms with Gasteiger partial charge in [-0.1, -0.05) is 30.3 Å². The van der Waals surface area contributed by atoms with Crippen LogP contribution in [0.15, 0.2) is 59.3 Å². The zero-order valence-electron chi connectivity index (χ0n) is 17.8. The van der Waals surface area contributed by atoms with E-state index in [2.05, 4.69) is 15.1 Å². The maximum atomic E-state index is 13.2. The minimum Gasteiger partial charge on any atom is -0.427 e. The molecule has 1 saturated heterocycles. The van der Waals surface area contributed by atoms with Crippen molar-refractivity contribution in [1.82, 2.24) is 15.1 Å². The topological polar surface area (TPSA) is 51.4 Å². The lowest BCUT2D eigenvalue weighted by molar-refractivity contribution is -0.143. The highest BCUT2D eigenvalue weighted by Gasteiger charge is 2.38. The number of rotatable bonds is 6. The number of aromatic nitrogens is 2. The third-order valence-electron chi connectivity index (χ3n) is 5.68. The summed E-state index contributed by atoms with van der Waals surface area (Å²) in [6.45, 7) is 0.625. The van der Waals surface area contributed by atoms with E-state index in [-0.39, 0.29) is 17.7 Å². The number of nitrogens with zero attached hydrogens (tertiary/aromatic N) is 3. The number of hydrogen-bond acceptors (Lipinski definition) is 5. The molecule has 0 saturated carbocycles. The number of ether oxygens (including phenoxy) is 1. The zero-order valence-corrected chi connectivity index (χ0v) is 17.8. The fourth-order valence-corrected chi connectivity index (χ4v) is 4.20. The summed E-state index contributed by atoms with van der Waals surface area (Å²) < 4.78 is 90.5. The van der Waals surface area contributed by atoms with Gasteiger partial charge in [-0.25, -0.2) is 0 Å². The summed E-state index contributed by atoms with van der Waals surface area (Å²) >= 11 is 0. The molecule has 2 heterocycles. The predicted octanol–water partition coefficient (Wildman–Crippen LogP) is 6.03. The Labute approximate surface area is 191 Å². The van der Waals surface area contributed by atoms with Crippen LogP contribution in [0.25, 0.3) is 0 Å². The largest absolute Gasteiger partial charge is 0.427 e. The van der Waals surface area contributed by atoms with Gasteiger partial charge in [-0.2, -0.15) is 26.3 Å². The van der Waals surface area contributed by atoms with Crippen molar-refractivity contribution in [3.05, 3.63) is 83.1 Å². The predicted molar refractivity (Wildman–Crippen MR) is 108 cm³/mol. The van der Waals surface area contributed by atoms with E-state index in [0.29, 0.717) is 37.5 Å². The molecule has 5 nitrogen and oxygen atoms in total. The van der Waals surface area contributed by atoms with Crippen LogP contribution in [0.3, 0.4) is 0 Å². The molecule has 34 heavy (non-hydrogen) atoms. The normalized spacial score (nSPS) is 19.9. The second kappa shape index (κ2) is 9.75. The monoisotopic (exact) mass is 485 g/mol. The first-order valence-corrected chi connectivity index (χ1v) is 10.6. The molecule has 0 amide bonds. The summed E-state index contributed by atoms with van der Waals surface area (Å²) in [6.07, 6.45) is -7.76. The van der Waals surface area contributed by atoms with Gasteiger partial charge >= 0.3 is 12.4 Å². The lowest BCUT2D eigenvalue weighted by atomic mass is 9.92. The average molecular weight is 485 g/mol. The average Bonchev–Trinajstić information content (AvgIpc) is 3.30. The molecule has 1 aliphatic rings. The number of benzene rings is 2. The van der Waals surface area contributed by atoms with E-state index >= 15 is 0 Å². The highest BCUT2D eigenvalue weighted by molar-refractivity contribution is 5.33. The molecule has 2 atom stereocenters. The Morgan fingerprint density at radius 2 is 1.65 bits per heavy atom. The first-order valence-electron chi connectivity index (χ1n) is 10.6. The van der Waals surface area contributed by atoms with Crippen molar-refractivity contribution < 1.29 is 35.5 Å². The Kier molecular flexibility index (Phi) is 6.94. The van der Waals surface area contributed by atoms with Crippen LogP contribution < -0.4 is 0 Å². The molecule has 0 N–H and O–H groups in total. The number of halogens is 6. The second-order valence-electron chi connectivity index (χ2n) is 8.06. The molecule has 1 aromatic heterocycles. The third-order valence-corrected chi connectivity index (χ3v) is 5.68. The van der Waals surface area contributed by atoms with Crippen LogP contribution in [0.1, 0.15) is 47.0 Å². The first kappa shape index (κ1) is 24.2. The summed E-state index contributed by atoms with van der Waals surface area (Å²) in [6, 6.07) is 10.6. The van der Waals surface area contributed by atoms with Gasteiger partial charge in [0.2, 0.25) is 12.3 Å². The van der Waals surface area contributed by atoms with Gasteiger partial charge in [0, 0.05) is 0 Å². The molecule has 0 spiro atoms. The van der Waals surface area contributed by atoms with Gasteiger partial charge in [-0.15, -0.1) is 10.2 Å². The van der Waals surface area contributed by atoms with Crippen molar-refractivity contribution >= 4 is 0 Å². The lowest BCUT2D eigenvalue weighted by Crippen LogP contribution is -2.42. The molecular weight excluding hydrogens is 464 g/mol. The summed E-state index contributed by atoms with van der Waals surface area (Å²) in [7, 11) is 0. The van der Waals surface area contributed by atoms with Gasteiger partial charge in [0.25, 0.3) is 0 Å². The Morgan fingerprint density at radius 1 is 0.971 bits per heavy atom. The van der Waals surface area contributed by atoms with Gasteiger partial charge in [0.1, 0.15) is 0 Å². The molecule has 0 bridgehead atoms. The Balaban J connectivity index is 1.59. The van der Waals surface area contributed by atoms with Crippen molar-refractivity contribution in [2.45, 2.75) is 50.5 Å². The molecule has 1 fully saturated rings. The molecular formula is C23H21F6N3O2. The molecule has 0 aliphatic carbocycles. The van der Waals surface area contributed by atoms with E-state index in [1.165, 1.54) is 6.39 Å². The molecule has 3 aromatic rings. The van der Waals surface area contributed by atoms with E-state index in [1.54, 1.807) is 0 Å². The number of alkyl halides is 6. The van der Waals surface area contributed by atoms with E-state index in [4.69, 9.17) is 9.15 Å². The van der Waals surface area contributed by atoms with E-state index < -0.39 is 36.2 Å². The maximum Gasteiger partial charge on any atom is 0.416 e. The van der Waals surface area contributed by atoms with Crippen LogP contribution >= 0.6 is 0 Å². The van der Waals surface area contributed by atoms with Gasteiger partial charge in [-0.3, -0.25) is 4.90 Å². The Bertz CT molecular complexity index is 1040. The summed E-state index contributed by atoms with van der Waals surface area (Å²) in [5.41, 5.74) is -2.00. The molecule has 11 heteroatoms. The van der Waals surface area contributed by atoms with Crippen LogP contribution in [-0.4, -0.2) is 27.7 Å². The number of hydrogen-bond donors (Lipinski definition) is 0. The summed E-state index contributed by atoms with van der Waals surface area (Å²) in [5.74, 6) is 0.397. The van der Waals surface area contributed by atoms with Crippen molar-refractivity contribution in [3.63, 3.8) is 0 Å². The minimum atomic E-state index is -4.91. The number of likely N-dealkylation sites (tertiary alicyclic amines) is 1. The second-order valence-corrected chi connectivity index (χ2v) is 8.06. The van der Waals surface area contributed by atoms with Gasteiger partial charge in [-0.05, 0) is 48.7 Å². The Morgan fingerprint density at radius 3 is 2.24 bits per heavy atom. The van der Waals surface area contributed by atoms with Crippen LogP contribution in [0.2, 0.25) is 0 Å². The van der Waals surface area contributed by atoms with Gasteiger partial charge in [0.15, 0.2) is 0 Å². The smallest absolute Gasteiger partial charge is 0.416 e. The highest BCUT2D eigenvalue weighted by Crippen LogP contribution is 2.38. The molecule has 2 aromatic carbocycles. The van der Waals surface area contributed by atoms with Gasteiger partial charge in [0.05, 0.1) is 36.4 Å².